The van der Waals surface area contributed by atoms with E-state index in [4.69, 9.17) is 4.74 Å². The molecule has 0 amide bonds. The molecular weight excluding hydrogens is 202 g/mol. The Bertz CT molecular complexity index is 296. The molecule has 0 saturated carbocycles. The van der Waals surface area contributed by atoms with Crippen molar-refractivity contribution in [3.05, 3.63) is 35.9 Å². The molecule has 0 aliphatic carbocycles. The Labute approximate surface area is 96.4 Å². The molecule has 16 heavy (non-hydrogen) atoms. The Morgan fingerprint density at radius 1 is 1.38 bits per heavy atom. The minimum absolute atomic E-state index is 0.0433. The van der Waals surface area contributed by atoms with Crippen molar-refractivity contribution in [2.24, 2.45) is 5.92 Å². The fraction of sp³-hybridized carbons (Fsp3) is 0.538. The van der Waals surface area contributed by atoms with Gasteiger partial charge < -0.3 is 15.2 Å². The van der Waals surface area contributed by atoms with Gasteiger partial charge in [-0.05, 0) is 17.9 Å². The van der Waals surface area contributed by atoms with E-state index in [1.807, 2.05) is 30.3 Å². The fourth-order valence-electron chi connectivity index (χ4n) is 2.03. The van der Waals surface area contributed by atoms with Gasteiger partial charge in [-0.15, -0.1) is 0 Å². The lowest BCUT2D eigenvalue weighted by Gasteiger charge is -2.18. The van der Waals surface area contributed by atoms with Crippen LogP contribution < -0.4 is 5.32 Å². The number of nitrogens with one attached hydrogen (secondary N) is 1. The van der Waals surface area contributed by atoms with Gasteiger partial charge in [0.25, 0.3) is 0 Å². The molecule has 2 unspecified atom stereocenters. The van der Waals surface area contributed by atoms with Crippen molar-refractivity contribution in [3.8, 4) is 0 Å². The van der Waals surface area contributed by atoms with E-state index < -0.39 is 0 Å². The van der Waals surface area contributed by atoms with Crippen molar-refractivity contribution < 1.29 is 9.84 Å². The van der Waals surface area contributed by atoms with E-state index >= 15 is 0 Å². The van der Waals surface area contributed by atoms with Gasteiger partial charge in [-0.1, -0.05) is 30.3 Å². The van der Waals surface area contributed by atoms with Crippen molar-refractivity contribution in [1.82, 2.24) is 5.32 Å². The molecule has 3 heteroatoms. The van der Waals surface area contributed by atoms with Crippen molar-refractivity contribution in [2.45, 2.75) is 12.5 Å². The minimum atomic E-state index is 0.0433. The molecule has 88 valence electrons. The molecule has 2 atom stereocenters. The lowest BCUT2D eigenvalue weighted by molar-refractivity contribution is 0.181. The third-order valence-corrected chi connectivity index (χ3v) is 3.06. The zero-order chi connectivity index (χ0) is 11.2. The molecule has 0 spiro atoms. The predicted molar refractivity (Wildman–Crippen MR) is 63.2 cm³/mol. The summed E-state index contributed by atoms with van der Waals surface area (Å²) < 4.78 is 5.33. The zero-order valence-electron chi connectivity index (χ0n) is 9.43. The average molecular weight is 221 g/mol. The van der Waals surface area contributed by atoms with E-state index in [1.54, 1.807) is 0 Å². The third kappa shape index (κ3) is 3.04. The first-order chi connectivity index (χ1) is 7.90. The van der Waals surface area contributed by atoms with Crippen LogP contribution >= 0.6 is 0 Å². The molecule has 1 fully saturated rings. The summed E-state index contributed by atoms with van der Waals surface area (Å²) in [4.78, 5) is 0. The van der Waals surface area contributed by atoms with Gasteiger partial charge in [0.2, 0.25) is 0 Å². The van der Waals surface area contributed by atoms with Gasteiger partial charge in [0.1, 0.15) is 0 Å². The van der Waals surface area contributed by atoms with E-state index in [0.29, 0.717) is 5.92 Å². The van der Waals surface area contributed by atoms with E-state index in [9.17, 15) is 5.11 Å². The maximum absolute atomic E-state index is 9.36. The second-order valence-corrected chi connectivity index (χ2v) is 4.28. The van der Waals surface area contributed by atoms with Crippen LogP contribution in [0, 0.1) is 5.92 Å². The molecule has 1 aromatic carbocycles. The molecule has 3 nitrogen and oxygen atoms in total. The number of hydrogen-bond acceptors (Lipinski definition) is 3. The standard InChI is InChI=1S/C13H19NO2/c15-9-13(12-4-2-1-3-5-12)14-8-11-6-7-16-10-11/h1-5,11,13-15H,6-10H2. The van der Waals surface area contributed by atoms with E-state index in [0.717, 1.165) is 31.7 Å². The summed E-state index contributed by atoms with van der Waals surface area (Å²) in [6.07, 6.45) is 1.12. The summed E-state index contributed by atoms with van der Waals surface area (Å²) in [6.45, 7) is 2.78. The van der Waals surface area contributed by atoms with Gasteiger partial charge in [-0.2, -0.15) is 0 Å². The summed E-state index contributed by atoms with van der Waals surface area (Å²) in [5.41, 5.74) is 1.14. The number of benzene rings is 1. The Kier molecular flexibility index (Phi) is 4.34. The highest BCUT2D eigenvalue weighted by atomic mass is 16.5. The maximum Gasteiger partial charge on any atom is 0.0626 e. The van der Waals surface area contributed by atoms with Crippen molar-refractivity contribution in [2.75, 3.05) is 26.4 Å². The maximum atomic E-state index is 9.36. The summed E-state index contributed by atoms with van der Waals surface area (Å²) >= 11 is 0. The van der Waals surface area contributed by atoms with Crippen molar-refractivity contribution >= 4 is 0 Å². The number of aliphatic hydroxyl groups is 1. The summed E-state index contributed by atoms with van der Waals surface area (Å²) in [6, 6.07) is 10.1. The fourth-order valence-corrected chi connectivity index (χ4v) is 2.03. The van der Waals surface area contributed by atoms with E-state index in [2.05, 4.69) is 5.32 Å². The molecule has 2 rings (SSSR count). The Balaban J connectivity index is 1.85. The predicted octanol–water partition coefficient (Wildman–Crippen LogP) is 1.35. The molecule has 2 N–H and O–H groups in total. The van der Waals surface area contributed by atoms with Gasteiger partial charge in [-0.25, -0.2) is 0 Å². The monoisotopic (exact) mass is 221 g/mol. The summed E-state index contributed by atoms with van der Waals surface area (Å²) in [5, 5.41) is 12.8. The highest BCUT2D eigenvalue weighted by Crippen LogP contribution is 2.15. The van der Waals surface area contributed by atoms with Gasteiger partial charge in [0.15, 0.2) is 0 Å². The molecule has 1 heterocycles. The largest absolute Gasteiger partial charge is 0.394 e. The van der Waals surface area contributed by atoms with Crippen LogP contribution in [-0.2, 0) is 4.74 Å². The Morgan fingerprint density at radius 2 is 2.19 bits per heavy atom. The summed E-state index contributed by atoms with van der Waals surface area (Å²) in [7, 11) is 0. The van der Waals surface area contributed by atoms with Crippen LogP contribution in [0.15, 0.2) is 30.3 Å². The SMILES string of the molecule is OCC(NCC1CCOC1)c1ccccc1. The lowest BCUT2D eigenvalue weighted by atomic mass is 10.1. The van der Waals surface area contributed by atoms with Crippen molar-refractivity contribution in [3.63, 3.8) is 0 Å². The first-order valence-electron chi connectivity index (χ1n) is 5.87. The van der Waals surface area contributed by atoms with Crippen LogP contribution in [-0.4, -0.2) is 31.5 Å². The number of rotatable bonds is 5. The normalized spacial score (nSPS) is 22.2. The van der Waals surface area contributed by atoms with Gasteiger partial charge in [0, 0.05) is 13.2 Å². The highest BCUT2D eigenvalue weighted by Gasteiger charge is 2.17. The van der Waals surface area contributed by atoms with E-state index in [-0.39, 0.29) is 12.6 Å². The smallest absolute Gasteiger partial charge is 0.0626 e. The number of ether oxygens (including phenoxy) is 1. The lowest BCUT2D eigenvalue weighted by Crippen LogP contribution is -2.29. The first kappa shape index (κ1) is 11.6. The molecule has 0 bridgehead atoms. The van der Waals surface area contributed by atoms with Gasteiger partial charge in [-0.3, -0.25) is 0 Å². The second-order valence-electron chi connectivity index (χ2n) is 4.28. The highest BCUT2D eigenvalue weighted by molar-refractivity contribution is 5.18. The van der Waals surface area contributed by atoms with Crippen molar-refractivity contribution in [1.29, 1.82) is 0 Å². The Morgan fingerprint density at radius 3 is 2.81 bits per heavy atom. The average Bonchev–Trinajstić information content (AvgIpc) is 2.84. The van der Waals surface area contributed by atoms with Gasteiger partial charge >= 0.3 is 0 Å². The molecule has 1 aliphatic heterocycles. The molecule has 1 saturated heterocycles. The Hall–Kier alpha value is -0.900. The molecule has 0 aromatic heterocycles. The van der Waals surface area contributed by atoms with Crippen LogP contribution in [0.3, 0.4) is 0 Å². The summed E-state index contributed by atoms with van der Waals surface area (Å²) in [5.74, 6) is 0.595. The molecule has 0 radical (unpaired) electrons. The zero-order valence-corrected chi connectivity index (χ0v) is 9.43. The number of hydrogen-bond donors (Lipinski definition) is 2. The van der Waals surface area contributed by atoms with Crippen LogP contribution in [0.1, 0.15) is 18.0 Å². The van der Waals surface area contributed by atoms with Crippen LogP contribution in [0.4, 0.5) is 0 Å². The van der Waals surface area contributed by atoms with Crippen LogP contribution in [0.25, 0.3) is 0 Å². The second kappa shape index (κ2) is 5.99. The molecule has 1 aliphatic rings. The molecule has 1 aromatic rings. The van der Waals surface area contributed by atoms with Crippen LogP contribution in [0.2, 0.25) is 0 Å². The third-order valence-electron chi connectivity index (χ3n) is 3.06. The minimum Gasteiger partial charge on any atom is -0.394 e. The van der Waals surface area contributed by atoms with Crippen LogP contribution in [0.5, 0.6) is 0 Å². The topological polar surface area (TPSA) is 41.5 Å². The van der Waals surface area contributed by atoms with E-state index in [1.165, 1.54) is 0 Å². The first-order valence-corrected chi connectivity index (χ1v) is 5.87. The van der Waals surface area contributed by atoms with Gasteiger partial charge in [0.05, 0.1) is 19.3 Å². The molecular formula is C13H19NO2. The number of aliphatic hydroxyl groups excluding tert-OH is 1. The quantitative estimate of drug-likeness (QED) is 0.788.